The second kappa shape index (κ2) is 9.75. The molecule has 0 saturated carbocycles. The van der Waals surface area contributed by atoms with E-state index in [0.717, 1.165) is 0 Å². The van der Waals surface area contributed by atoms with Crippen LogP contribution < -0.4 is 0 Å². The van der Waals surface area contributed by atoms with Crippen molar-refractivity contribution in [3.63, 3.8) is 0 Å². The molecule has 0 bridgehead atoms. The maximum absolute atomic E-state index is 12.5. The molecule has 0 amide bonds. The minimum atomic E-state index is -3.29. The molecule has 0 aliphatic carbocycles. The van der Waals surface area contributed by atoms with E-state index in [2.05, 4.69) is 0 Å². The fourth-order valence-electron chi connectivity index (χ4n) is 2.28. The number of carbonyl (C=O) groups excluding carboxylic acids is 2. The standard InChI is InChI=1S/C20H13IN2O8/c24-19(14-6-10-17(11-7-14)22(26)27)30-21(16-4-2-1-3-5-16)31-20(25)15-8-12-18(13-9-15)23(28)29/h1-13H. The van der Waals surface area contributed by atoms with E-state index in [1.165, 1.54) is 48.5 Å². The molecule has 31 heavy (non-hydrogen) atoms. The van der Waals surface area contributed by atoms with Gasteiger partial charge in [-0.2, -0.15) is 0 Å². The van der Waals surface area contributed by atoms with E-state index in [-0.39, 0.29) is 22.5 Å². The van der Waals surface area contributed by atoms with E-state index in [1.54, 1.807) is 30.3 Å². The van der Waals surface area contributed by atoms with Crippen LogP contribution in [0.5, 0.6) is 0 Å². The Kier molecular flexibility index (Phi) is 6.87. The van der Waals surface area contributed by atoms with E-state index in [9.17, 15) is 29.8 Å². The summed E-state index contributed by atoms with van der Waals surface area (Å²) in [6.45, 7) is 0. The van der Waals surface area contributed by atoms with Crippen LogP contribution in [0.2, 0.25) is 0 Å². The van der Waals surface area contributed by atoms with Gasteiger partial charge in [-0.1, -0.05) is 0 Å². The number of benzene rings is 3. The number of rotatable bonds is 7. The quantitative estimate of drug-likeness (QED) is 0.240. The molecule has 3 aromatic rings. The van der Waals surface area contributed by atoms with Crippen molar-refractivity contribution in [3.8, 4) is 0 Å². The summed E-state index contributed by atoms with van der Waals surface area (Å²) in [4.78, 5) is 45.4. The van der Waals surface area contributed by atoms with Crippen LogP contribution in [0.3, 0.4) is 0 Å². The summed E-state index contributed by atoms with van der Waals surface area (Å²) < 4.78 is 11.5. The van der Waals surface area contributed by atoms with Gasteiger partial charge in [0.05, 0.1) is 0 Å². The third-order valence-electron chi connectivity index (χ3n) is 3.82. The predicted octanol–water partition coefficient (Wildman–Crippen LogP) is 4.72. The van der Waals surface area contributed by atoms with Crippen LogP contribution >= 0.6 is 20.6 Å². The van der Waals surface area contributed by atoms with Gasteiger partial charge in [-0.3, -0.25) is 0 Å². The Morgan fingerprint density at radius 1 is 0.645 bits per heavy atom. The molecule has 0 aliphatic rings. The van der Waals surface area contributed by atoms with Crippen LogP contribution in [-0.2, 0) is 6.13 Å². The van der Waals surface area contributed by atoms with Crippen molar-refractivity contribution < 1.29 is 25.6 Å². The molecule has 0 aromatic heterocycles. The Balaban J connectivity index is 1.80. The second-order valence-corrected chi connectivity index (χ2v) is 9.22. The van der Waals surface area contributed by atoms with Crippen molar-refractivity contribution >= 4 is 44.0 Å². The summed E-state index contributed by atoms with van der Waals surface area (Å²) in [5.74, 6) is -1.58. The molecular weight excluding hydrogens is 523 g/mol. The van der Waals surface area contributed by atoms with E-state index in [1.807, 2.05) is 0 Å². The van der Waals surface area contributed by atoms with Gasteiger partial charge >= 0.3 is 183 Å². The van der Waals surface area contributed by atoms with Gasteiger partial charge in [-0.05, 0) is 0 Å². The molecular formula is C20H13IN2O8. The zero-order chi connectivity index (χ0) is 22.4. The zero-order valence-electron chi connectivity index (χ0n) is 15.5. The third kappa shape index (κ3) is 5.60. The van der Waals surface area contributed by atoms with Crippen LogP contribution in [0.15, 0.2) is 78.9 Å². The summed E-state index contributed by atoms with van der Waals surface area (Å²) in [7, 11) is 0. The molecule has 0 heterocycles. The van der Waals surface area contributed by atoms with Gasteiger partial charge in [-0.25, -0.2) is 0 Å². The number of nitro groups is 2. The van der Waals surface area contributed by atoms with Crippen LogP contribution in [0, 0.1) is 23.8 Å². The van der Waals surface area contributed by atoms with Crippen LogP contribution in [0.1, 0.15) is 20.7 Å². The Morgan fingerprint density at radius 2 is 1.03 bits per heavy atom. The first kappa shape index (κ1) is 21.8. The van der Waals surface area contributed by atoms with E-state index in [4.69, 9.17) is 6.13 Å². The van der Waals surface area contributed by atoms with Crippen LogP contribution in [-0.4, -0.2) is 21.8 Å². The summed E-state index contributed by atoms with van der Waals surface area (Å²) in [5, 5.41) is 21.5. The van der Waals surface area contributed by atoms with Gasteiger partial charge in [-0.15, -0.1) is 0 Å². The normalized spacial score (nSPS) is 10.6. The Morgan fingerprint density at radius 3 is 1.39 bits per heavy atom. The topological polar surface area (TPSA) is 139 Å². The van der Waals surface area contributed by atoms with E-state index < -0.39 is 42.4 Å². The minimum absolute atomic E-state index is 0.0650. The van der Waals surface area contributed by atoms with Gasteiger partial charge in [0.1, 0.15) is 0 Å². The van der Waals surface area contributed by atoms with Gasteiger partial charge in [0, 0.05) is 0 Å². The van der Waals surface area contributed by atoms with Crippen molar-refractivity contribution in [1.29, 1.82) is 0 Å². The number of hydrogen-bond acceptors (Lipinski definition) is 8. The van der Waals surface area contributed by atoms with Gasteiger partial charge < -0.3 is 0 Å². The molecule has 0 atom stereocenters. The van der Waals surface area contributed by atoms with Crippen LogP contribution in [0.4, 0.5) is 11.4 Å². The fourth-order valence-corrected chi connectivity index (χ4v) is 5.11. The molecule has 3 rings (SSSR count). The van der Waals surface area contributed by atoms with Crippen molar-refractivity contribution in [2.45, 2.75) is 0 Å². The number of nitro benzene ring substituents is 2. The second-order valence-electron chi connectivity index (χ2n) is 5.85. The SMILES string of the molecule is O=C(OI(OC(=O)c1ccc([N+](=O)[O-])cc1)c1ccccc1)c1ccc([N+](=O)[O-])cc1. The molecule has 0 unspecified atom stereocenters. The van der Waals surface area contributed by atoms with Crippen molar-refractivity contribution in [2.24, 2.45) is 0 Å². The summed E-state index contributed by atoms with van der Waals surface area (Å²) >= 11 is -3.29. The number of hydrogen-bond donors (Lipinski definition) is 0. The zero-order valence-corrected chi connectivity index (χ0v) is 17.7. The molecule has 0 fully saturated rings. The van der Waals surface area contributed by atoms with E-state index >= 15 is 0 Å². The average Bonchev–Trinajstić information content (AvgIpc) is 2.79. The first-order valence-electron chi connectivity index (χ1n) is 8.55. The average molecular weight is 536 g/mol. The molecule has 0 aliphatic heterocycles. The Hall–Kier alpha value is -3.87. The number of halogens is 1. The molecule has 158 valence electrons. The van der Waals surface area contributed by atoms with Crippen molar-refractivity contribution in [2.75, 3.05) is 0 Å². The number of carbonyl (C=O) groups is 2. The molecule has 10 nitrogen and oxygen atoms in total. The summed E-state index contributed by atoms with van der Waals surface area (Å²) in [5.41, 5.74) is -0.232. The first-order chi connectivity index (χ1) is 14.8. The third-order valence-corrected chi connectivity index (χ3v) is 7.16. The first-order valence-corrected chi connectivity index (χ1v) is 11.4. The fraction of sp³-hybridized carbons (Fsp3) is 0. The molecule has 0 spiro atoms. The van der Waals surface area contributed by atoms with Gasteiger partial charge in [0.15, 0.2) is 0 Å². The van der Waals surface area contributed by atoms with Crippen molar-refractivity contribution in [1.82, 2.24) is 0 Å². The Bertz CT molecular complexity index is 1050. The van der Waals surface area contributed by atoms with Gasteiger partial charge in [0.2, 0.25) is 0 Å². The van der Waals surface area contributed by atoms with Gasteiger partial charge in [0.25, 0.3) is 0 Å². The summed E-state index contributed by atoms with van der Waals surface area (Å²) in [6.07, 6.45) is 0. The predicted molar refractivity (Wildman–Crippen MR) is 116 cm³/mol. The molecule has 0 N–H and O–H groups in total. The van der Waals surface area contributed by atoms with E-state index in [0.29, 0.717) is 3.57 Å². The molecule has 11 heteroatoms. The maximum atomic E-state index is 12.5. The Labute approximate surface area is 183 Å². The monoisotopic (exact) mass is 536 g/mol. The molecule has 0 radical (unpaired) electrons. The van der Waals surface area contributed by atoms with Crippen LogP contribution in [0.25, 0.3) is 0 Å². The molecule has 3 aromatic carbocycles. The molecule has 0 saturated heterocycles. The summed E-state index contributed by atoms with van der Waals surface area (Å²) in [6, 6.07) is 18.1. The number of nitrogens with zero attached hydrogens (tertiary/aromatic N) is 2. The number of non-ortho nitro benzene ring substituents is 2. The van der Waals surface area contributed by atoms with Crippen molar-refractivity contribution in [3.05, 3.63) is 114 Å².